The highest BCUT2D eigenvalue weighted by Gasteiger charge is 2.14. The van der Waals surface area contributed by atoms with E-state index in [2.05, 4.69) is 97.8 Å². The third-order valence-corrected chi connectivity index (χ3v) is 6.08. The molecule has 0 unspecified atom stereocenters. The third-order valence-electron chi connectivity index (χ3n) is 6.08. The van der Waals surface area contributed by atoms with Crippen molar-refractivity contribution in [2.24, 2.45) is 0 Å². The van der Waals surface area contributed by atoms with Gasteiger partial charge in [0.15, 0.2) is 0 Å². The zero-order chi connectivity index (χ0) is 20.6. The Labute approximate surface area is 180 Å². The minimum Gasteiger partial charge on any atom is -0.343 e. The molecule has 6 rings (SSSR count). The maximum Gasteiger partial charge on any atom is 0.141 e. The van der Waals surface area contributed by atoms with Crippen LogP contribution < -0.4 is 5.32 Å². The van der Waals surface area contributed by atoms with Crippen LogP contribution in [0.2, 0.25) is 0 Å². The van der Waals surface area contributed by atoms with E-state index < -0.39 is 0 Å². The molecule has 5 aromatic rings. The van der Waals surface area contributed by atoms with Crippen molar-refractivity contribution in [1.82, 2.24) is 24.8 Å². The Bertz CT molecular complexity index is 1410. The Morgan fingerprint density at radius 1 is 0.968 bits per heavy atom. The van der Waals surface area contributed by atoms with Gasteiger partial charge in [0, 0.05) is 41.4 Å². The first-order valence-electron chi connectivity index (χ1n) is 10.7. The van der Waals surface area contributed by atoms with E-state index in [1.54, 1.807) is 6.33 Å². The molecular weight excluding hydrogens is 382 g/mol. The summed E-state index contributed by atoms with van der Waals surface area (Å²) >= 11 is 0. The number of nitrogens with one attached hydrogen (secondary N) is 2. The number of benzene rings is 2. The monoisotopic (exact) mass is 405 g/mol. The van der Waals surface area contributed by atoms with Gasteiger partial charge in [0.05, 0.1) is 5.69 Å². The van der Waals surface area contributed by atoms with Gasteiger partial charge < -0.3 is 14.9 Å². The van der Waals surface area contributed by atoms with E-state index in [9.17, 15) is 0 Å². The van der Waals surface area contributed by atoms with Crippen molar-refractivity contribution in [3.8, 4) is 11.3 Å². The predicted molar refractivity (Wildman–Crippen MR) is 126 cm³/mol. The minimum absolute atomic E-state index is 0.851. The standard InChI is InChI=1S/C26H23N5/c1-2-4-18(5-3-1)16-31-13-10-20-6-7-21(14-24(20)31)25-22-15-23(19-8-11-27-12-9-19)30-26(22)29-17-28-25/h1-8,10,13-15,17,27H,9,11-12,16H2,(H,28,29,30). The largest absolute Gasteiger partial charge is 0.343 e. The second-order valence-corrected chi connectivity index (χ2v) is 8.05. The van der Waals surface area contributed by atoms with Gasteiger partial charge in [-0.25, -0.2) is 9.97 Å². The van der Waals surface area contributed by atoms with Crippen LogP contribution in [0.4, 0.5) is 0 Å². The van der Waals surface area contributed by atoms with Crippen molar-refractivity contribution < 1.29 is 0 Å². The van der Waals surface area contributed by atoms with Crippen molar-refractivity contribution in [2.45, 2.75) is 13.0 Å². The van der Waals surface area contributed by atoms with Gasteiger partial charge >= 0.3 is 0 Å². The molecule has 2 aromatic carbocycles. The van der Waals surface area contributed by atoms with E-state index in [0.717, 1.165) is 54.0 Å². The van der Waals surface area contributed by atoms with E-state index in [-0.39, 0.29) is 0 Å². The van der Waals surface area contributed by atoms with Crippen LogP contribution >= 0.6 is 0 Å². The zero-order valence-corrected chi connectivity index (χ0v) is 17.2. The normalized spacial score (nSPS) is 14.3. The summed E-state index contributed by atoms with van der Waals surface area (Å²) in [5.74, 6) is 0. The number of aromatic nitrogens is 4. The maximum absolute atomic E-state index is 4.67. The van der Waals surface area contributed by atoms with Crippen LogP contribution in [-0.2, 0) is 6.54 Å². The summed E-state index contributed by atoms with van der Waals surface area (Å²) in [4.78, 5) is 12.7. The fraction of sp³-hybridized carbons (Fsp3) is 0.154. The highest BCUT2D eigenvalue weighted by atomic mass is 15.0. The highest BCUT2D eigenvalue weighted by molar-refractivity contribution is 5.95. The molecule has 1 aliphatic heterocycles. The van der Waals surface area contributed by atoms with Crippen LogP contribution in [0.3, 0.4) is 0 Å². The molecule has 0 bridgehead atoms. The Morgan fingerprint density at radius 2 is 1.90 bits per heavy atom. The maximum atomic E-state index is 4.67. The van der Waals surface area contributed by atoms with Gasteiger partial charge in [-0.3, -0.25) is 0 Å². The summed E-state index contributed by atoms with van der Waals surface area (Å²) in [7, 11) is 0. The average Bonchev–Trinajstić information content (AvgIpc) is 3.44. The molecule has 1 aliphatic rings. The number of fused-ring (bicyclic) bond motifs is 2. The first kappa shape index (κ1) is 18.1. The number of rotatable bonds is 4. The lowest BCUT2D eigenvalue weighted by Gasteiger charge is -2.12. The summed E-state index contributed by atoms with van der Waals surface area (Å²) in [5.41, 5.74) is 7.96. The van der Waals surface area contributed by atoms with Crippen LogP contribution in [0, 0.1) is 0 Å². The molecule has 31 heavy (non-hydrogen) atoms. The highest BCUT2D eigenvalue weighted by Crippen LogP contribution is 2.31. The molecule has 152 valence electrons. The predicted octanol–water partition coefficient (Wildman–Crippen LogP) is 5.00. The molecule has 0 aliphatic carbocycles. The topological polar surface area (TPSA) is 58.5 Å². The zero-order valence-electron chi connectivity index (χ0n) is 17.2. The van der Waals surface area contributed by atoms with E-state index in [1.807, 2.05) is 0 Å². The number of hydrogen-bond donors (Lipinski definition) is 2. The quantitative estimate of drug-likeness (QED) is 0.442. The van der Waals surface area contributed by atoms with Crippen LogP contribution in [-0.4, -0.2) is 32.6 Å². The van der Waals surface area contributed by atoms with Gasteiger partial charge in [-0.05, 0) is 47.7 Å². The van der Waals surface area contributed by atoms with Gasteiger partial charge in [0.25, 0.3) is 0 Å². The second-order valence-electron chi connectivity index (χ2n) is 8.05. The lowest BCUT2D eigenvalue weighted by atomic mass is 10.0. The van der Waals surface area contributed by atoms with Gasteiger partial charge in [-0.2, -0.15) is 0 Å². The Balaban J connectivity index is 1.43. The van der Waals surface area contributed by atoms with Gasteiger partial charge in [0.2, 0.25) is 0 Å². The Hall–Kier alpha value is -3.70. The van der Waals surface area contributed by atoms with Crippen molar-refractivity contribution >= 4 is 27.5 Å². The SMILES string of the molecule is C1=C(c2cc3c(-c4ccc5ccn(Cc6ccccc6)c5c4)ncnc3[nH]2)CCNC1. The molecule has 0 saturated carbocycles. The number of hydrogen-bond acceptors (Lipinski definition) is 3. The van der Waals surface area contributed by atoms with Gasteiger partial charge in [0.1, 0.15) is 12.0 Å². The van der Waals surface area contributed by atoms with Crippen molar-refractivity contribution in [3.05, 3.63) is 90.5 Å². The molecule has 5 nitrogen and oxygen atoms in total. The summed E-state index contributed by atoms with van der Waals surface area (Å²) < 4.78 is 2.30. The van der Waals surface area contributed by atoms with E-state index in [0.29, 0.717) is 0 Å². The van der Waals surface area contributed by atoms with Gasteiger partial charge in [-0.1, -0.05) is 48.5 Å². The fourth-order valence-corrected chi connectivity index (χ4v) is 4.46. The van der Waals surface area contributed by atoms with Crippen molar-refractivity contribution in [2.75, 3.05) is 13.1 Å². The number of nitrogens with zero attached hydrogens (tertiary/aromatic N) is 3. The van der Waals surface area contributed by atoms with E-state index in [1.165, 1.54) is 22.0 Å². The summed E-state index contributed by atoms with van der Waals surface area (Å²) in [6.07, 6.45) is 7.09. The molecule has 0 fully saturated rings. The van der Waals surface area contributed by atoms with Crippen LogP contribution in [0.5, 0.6) is 0 Å². The van der Waals surface area contributed by atoms with Crippen LogP contribution in [0.1, 0.15) is 17.7 Å². The molecule has 3 aromatic heterocycles. The first-order chi connectivity index (χ1) is 15.3. The molecule has 5 heteroatoms. The molecule has 0 atom stereocenters. The third kappa shape index (κ3) is 3.33. The Kier molecular flexibility index (Phi) is 4.39. The lowest BCUT2D eigenvalue weighted by Crippen LogP contribution is -2.20. The Morgan fingerprint density at radius 3 is 2.77 bits per heavy atom. The smallest absolute Gasteiger partial charge is 0.141 e. The molecule has 4 heterocycles. The lowest BCUT2D eigenvalue weighted by molar-refractivity contribution is 0.737. The minimum atomic E-state index is 0.851. The summed E-state index contributed by atoms with van der Waals surface area (Å²) in [6, 6.07) is 21.5. The second kappa shape index (κ2) is 7.52. The summed E-state index contributed by atoms with van der Waals surface area (Å²) in [5, 5.41) is 5.67. The summed E-state index contributed by atoms with van der Waals surface area (Å²) in [6.45, 7) is 2.77. The van der Waals surface area contributed by atoms with E-state index >= 15 is 0 Å². The van der Waals surface area contributed by atoms with Crippen molar-refractivity contribution in [3.63, 3.8) is 0 Å². The average molecular weight is 406 g/mol. The molecule has 0 saturated heterocycles. The van der Waals surface area contributed by atoms with Crippen LogP contribution in [0.15, 0.2) is 79.3 Å². The fourth-order valence-electron chi connectivity index (χ4n) is 4.46. The van der Waals surface area contributed by atoms with Crippen molar-refractivity contribution in [1.29, 1.82) is 0 Å². The first-order valence-corrected chi connectivity index (χ1v) is 10.7. The molecule has 2 N–H and O–H groups in total. The van der Waals surface area contributed by atoms with E-state index in [4.69, 9.17) is 0 Å². The molecule has 0 spiro atoms. The number of aromatic amines is 1. The molecule has 0 radical (unpaired) electrons. The number of H-pyrrole nitrogens is 1. The molecule has 0 amide bonds. The molecular formula is C26H23N5. The van der Waals surface area contributed by atoms with Crippen LogP contribution in [0.25, 0.3) is 38.8 Å². The van der Waals surface area contributed by atoms with Gasteiger partial charge in [-0.15, -0.1) is 0 Å².